The Morgan fingerprint density at radius 3 is 2.53 bits per heavy atom. The first-order valence-corrected chi connectivity index (χ1v) is 6.53. The van der Waals surface area contributed by atoms with E-state index in [-0.39, 0.29) is 10.6 Å². The summed E-state index contributed by atoms with van der Waals surface area (Å²) in [6.45, 7) is 1.26. The average molecular weight is 259 g/mol. The lowest BCUT2D eigenvalue weighted by atomic mass is 10.2. The van der Waals surface area contributed by atoms with Crippen LogP contribution in [0.25, 0.3) is 0 Å². The number of benzene rings is 1. The SMILES string of the molecule is COCCN(C)c1ccc(S(N)(=O)=O)c(N)c1. The molecular weight excluding hydrogens is 242 g/mol. The van der Waals surface area contributed by atoms with Gasteiger partial charge in [-0.2, -0.15) is 0 Å². The normalized spacial score (nSPS) is 11.5. The van der Waals surface area contributed by atoms with Crippen molar-refractivity contribution in [3.05, 3.63) is 18.2 Å². The van der Waals surface area contributed by atoms with Crippen LogP contribution >= 0.6 is 0 Å². The molecule has 0 aliphatic heterocycles. The van der Waals surface area contributed by atoms with E-state index in [0.717, 1.165) is 5.69 Å². The van der Waals surface area contributed by atoms with Gasteiger partial charge in [0.1, 0.15) is 4.90 Å². The van der Waals surface area contributed by atoms with Gasteiger partial charge >= 0.3 is 0 Å². The van der Waals surface area contributed by atoms with Gasteiger partial charge in [0.25, 0.3) is 0 Å². The van der Waals surface area contributed by atoms with Crippen LogP contribution in [0, 0.1) is 0 Å². The number of hydrogen-bond acceptors (Lipinski definition) is 5. The monoisotopic (exact) mass is 259 g/mol. The van der Waals surface area contributed by atoms with E-state index in [4.69, 9.17) is 15.6 Å². The minimum Gasteiger partial charge on any atom is -0.398 e. The maximum absolute atomic E-state index is 11.2. The van der Waals surface area contributed by atoms with E-state index in [1.807, 2.05) is 11.9 Å². The molecule has 0 radical (unpaired) electrons. The molecular formula is C10H17N3O3S. The van der Waals surface area contributed by atoms with Gasteiger partial charge in [-0.3, -0.25) is 0 Å². The number of nitrogens with zero attached hydrogens (tertiary/aromatic N) is 1. The quantitative estimate of drug-likeness (QED) is 0.725. The minimum absolute atomic E-state index is 0.0543. The molecule has 0 atom stereocenters. The molecule has 96 valence electrons. The number of ether oxygens (including phenoxy) is 1. The fourth-order valence-corrected chi connectivity index (χ4v) is 2.03. The molecule has 0 fully saturated rings. The van der Waals surface area contributed by atoms with Gasteiger partial charge in [0.05, 0.1) is 12.3 Å². The van der Waals surface area contributed by atoms with Crippen LogP contribution in [0.5, 0.6) is 0 Å². The Bertz CT molecular complexity index is 488. The number of anilines is 2. The lowest BCUT2D eigenvalue weighted by molar-refractivity contribution is 0.206. The van der Waals surface area contributed by atoms with Crippen LogP contribution in [-0.2, 0) is 14.8 Å². The summed E-state index contributed by atoms with van der Waals surface area (Å²) in [6, 6.07) is 4.64. The number of sulfonamides is 1. The van der Waals surface area contributed by atoms with Crippen LogP contribution in [0.4, 0.5) is 11.4 Å². The predicted molar refractivity (Wildman–Crippen MR) is 67.4 cm³/mol. The molecule has 0 amide bonds. The van der Waals surface area contributed by atoms with E-state index < -0.39 is 10.0 Å². The summed E-state index contributed by atoms with van der Waals surface area (Å²) in [7, 11) is -0.278. The zero-order chi connectivity index (χ0) is 13.1. The molecule has 1 rings (SSSR count). The molecule has 0 saturated heterocycles. The highest BCUT2D eigenvalue weighted by Crippen LogP contribution is 2.23. The van der Waals surface area contributed by atoms with Crippen LogP contribution < -0.4 is 15.8 Å². The number of nitrogens with two attached hydrogens (primary N) is 2. The third-order valence-electron chi connectivity index (χ3n) is 2.37. The maximum atomic E-state index is 11.2. The van der Waals surface area contributed by atoms with E-state index in [1.54, 1.807) is 19.2 Å². The molecule has 0 aromatic heterocycles. The second-order valence-corrected chi connectivity index (χ2v) is 5.21. The van der Waals surface area contributed by atoms with Crippen molar-refractivity contribution in [1.82, 2.24) is 0 Å². The summed E-state index contributed by atoms with van der Waals surface area (Å²) in [6.07, 6.45) is 0. The fourth-order valence-electron chi connectivity index (χ4n) is 1.39. The highest BCUT2D eigenvalue weighted by molar-refractivity contribution is 7.89. The molecule has 0 heterocycles. The second kappa shape index (κ2) is 5.35. The van der Waals surface area contributed by atoms with Crippen molar-refractivity contribution in [3.63, 3.8) is 0 Å². The van der Waals surface area contributed by atoms with Crippen molar-refractivity contribution in [2.24, 2.45) is 5.14 Å². The molecule has 0 bridgehead atoms. The Balaban J connectivity index is 2.97. The molecule has 0 unspecified atom stereocenters. The maximum Gasteiger partial charge on any atom is 0.240 e. The van der Waals surface area contributed by atoms with Gasteiger partial charge in [0, 0.05) is 26.4 Å². The third kappa shape index (κ3) is 3.58. The highest BCUT2D eigenvalue weighted by Gasteiger charge is 2.13. The zero-order valence-electron chi connectivity index (χ0n) is 9.88. The summed E-state index contributed by atoms with van der Waals surface area (Å²) in [5.41, 5.74) is 6.62. The molecule has 6 nitrogen and oxygen atoms in total. The molecule has 7 heteroatoms. The van der Waals surface area contributed by atoms with Crippen LogP contribution in [0.15, 0.2) is 23.1 Å². The Morgan fingerprint density at radius 1 is 1.41 bits per heavy atom. The summed E-state index contributed by atoms with van der Waals surface area (Å²) >= 11 is 0. The summed E-state index contributed by atoms with van der Waals surface area (Å²) in [5.74, 6) is 0. The van der Waals surface area contributed by atoms with Gasteiger partial charge in [-0.1, -0.05) is 0 Å². The van der Waals surface area contributed by atoms with Crippen molar-refractivity contribution in [3.8, 4) is 0 Å². The molecule has 0 aliphatic carbocycles. The average Bonchev–Trinajstić information content (AvgIpc) is 2.23. The molecule has 0 aliphatic rings. The summed E-state index contributed by atoms with van der Waals surface area (Å²) in [5, 5.41) is 5.02. The molecule has 0 saturated carbocycles. The van der Waals surface area contributed by atoms with Gasteiger partial charge in [-0.05, 0) is 18.2 Å². The van der Waals surface area contributed by atoms with Gasteiger partial charge in [-0.25, -0.2) is 13.6 Å². The van der Waals surface area contributed by atoms with Crippen molar-refractivity contribution in [1.29, 1.82) is 0 Å². The number of methoxy groups -OCH3 is 1. The van der Waals surface area contributed by atoms with E-state index in [2.05, 4.69) is 0 Å². The zero-order valence-corrected chi connectivity index (χ0v) is 10.7. The largest absolute Gasteiger partial charge is 0.398 e. The first-order chi connectivity index (χ1) is 7.86. The van der Waals surface area contributed by atoms with Crippen molar-refractivity contribution in [2.45, 2.75) is 4.90 Å². The number of hydrogen-bond donors (Lipinski definition) is 2. The lowest BCUT2D eigenvalue weighted by Crippen LogP contribution is -2.22. The standard InChI is InChI=1S/C10H17N3O3S/c1-13(5-6-16-2)8-3-4-10(9(11)7-8)17(12,14)15/h3-4,7H,5-6,11H2,1-2H3,(H2,12,14,15). The van der Waals surface area contributed by atoms with E-state index >= 15 is 0 Å². The molecule has 0 spiro atoms. The Labute approximate surface area is 101 Å². The molecule has 17 heavy (non-hydrogen) atoms. The van der Waals surface area contributed by atoms with Gasteiger partial charge in [0.15, 0.2) is 0 Å². The Hall–Kier alpha value is -1.31. The minimum atomic E-state index is -3.76. The van der Waals surface area contributed by atoms with Crippen molar-refractivity contribution in [2.75, 3.05) is 37.9 Å². The van der Waals surface area contributed by atoms with Crippen LogP contribution in [-0.4, -0.2) is 35.7 Å². The molecule has 1 aromatic rings. The number of nitrogen functional groups attached to an aromatic ring is 1. The van der Waals surface area contributed by atoms with Crippen LogP contribution in [0.1, 0.15) is 0 Å². The topological polar surface area (TPSA) is 98.6 Å². The molecule has 4 N–H and O–H groups in total. The first-order valence-electron chi connectivity index (χ1n) is 4.98. The number of primary sulfonamides is 1. The van der Waals surface area contributed by atoms with Crippen LogP contribution in [0.3, 0.4) is 0 Å². The third-order valence-corrected chi connectivity index (χ3v) is 3.36. The second-order valence-electron chi connectivity index (χ2n) is 3.68. The van der Waals surface area contributed by atoms with Crippen molar-refractivity contribution < 1.29 is 13.2 Å². The van der Waals surface area contributed by atoms with E-state index in [9.17, 15) is 8.42 Å². The Kier molecular flexibility index (Phi) is 4.33. The highest BCUT2D eigenvalue weighted by atomic mass is 32.2. The fraction of sp³-hybridized carbons (Fsp3) is 0.400. The predicted octanol–water partition coefficient (Wildman–Crippen LogP) is -0.00120. The van der Waals surface area contributed by atoms with Crippen LogP contribution in [0.2, 0.25) is 0 Å². The summed E-state index contributed by atoms with van der Waals surface area (Å²) in [4.78, 5) is 1.86. The van der Waals surface area contributed by atoms with E-state index in [0.29, 0.717) is 13.2 Å². The number of likely N-dealkylation sites (N-methyl/N-ethyl adjacent to an activating group) is 1. The van der Waals surface area contributed by atoms with Crippen molar-refractivity contribution >= 4 is 21.4 Å². The molecule has 1 aromatic carbocycles. The van der Waals surface area contributed by atoms with Gasteiger partial charge < -0.3 is 15.4 Å². The summed E-state index contributed by atoms with van der Waals surface area (Å²) < 4.78 is 27.3. The smallest absolute Gasteiger partial charge is 0.240 e. The number of rotatable bonds is 5. The first kappa shape index (κ1) is 13.8. The lowest BCUT2D eigenvalue weighted by Gasteiger charge is -2.19. The van der Waals surface area contributed by atoms with Gasteiger partial charge in [0.2, 0.25) is 10.0 Å². The van der Waals surface area contributed by atoms with E-state index in [1.165, 1.54) is 6.07 Å². The Morgan fingerprint density at radius 2 is 2.06 bits per heavy atom. The van der Waals surface area contributed by atoms with Gasteiger partial charge in [-0.15, -0.1) is 0 Å².